The summed E-state index contributed by atoms with van der Waals surface area (Å²) in [6, 6.07) is 5.28. The second-order valence-corrected chi connectivity index (χ2v) is 18.4. The maximum Gasteiger partial charge on any atom is 0.312 e. The molecule has 7 amide bonds. The Morgan fingerprint density at radius 2 is 1.35 bits per heavy atom. The summed E-state index contributed by atoms with van der Waals surface area (Å²) in [5.41, 5.74) is 5.46. The van der Waals surface area contributed by atoms with Gasteiger partial charge in [0.25, 0.3) is 0 Å². The molecule has 2 rings (SSSR count). The molecule has 1 saturated heterocycles. The number of anilines is 1. The minimum atomic E-state index is -0.842. The largest absolute Gasteiger partial charge is 0.460 e. The van der Waals surface area contributed by atoms with Crippen molar-refractivity contribution in [3.8, 4) is 0 Å². The van der Waals surface area contributed by atoms with Crippen molar-refractivity contribution < 1.29 is 62.0 Å². The van der Waals surface area contributed by atoms with Crippen molar-refractivity contribution in [3.05, 3.63) is 29.8 Å². The lowest BCUT2D eigenvalue weighted by Gasteiger charge is -2.24. The number of nitrogens with two attached hydrogens (primary N) is 1. The quantitative estimate of drug-likeness (QED) is 0.0408. The highest BCUT2D eigenvalue weighted by Gasteiger charge is 2.44. The van der Waals surface area contributed by atoms with E-state index in [0.717, 1.165) is 5.56 Å². The maximum atomic E-state index is 13.6. The molecular formula is C46H74N6O13. The molecule has 0 spiro atoms. The van der Waals surface area contributed by atoms with Crippen LogP contribution in [-0.4, -0.2) is 131 Å². The molecule has 0 radical (unpaired) electrons. The van der Waals surface area contributed by atoms with E-state index in [0.29, 0.717) is 38.5 Å². The molecule has 1 unspecified atom stereocenters. The Kier molecular flexibility index (Phi) is 24.9. The number of hydrogen-bond donors (Lipinski definition) is 5. The number of nitrogens with one attached hydrogen (secondary N) is 4. The van der Waals surface area contributed by atoms with E-state index in [4.69, 9.17) is 29.4 Å². The number of primary amides is 1. The van der Waals surface area contributed by atoms with E-state index in [-0.39, 0.29) is 137 Å². The van der Waals surface area contributed by atoms with Gasteiger partial charge in [-0.05, 0) is 62.6 Å². The average molecular weight is 919 g/mol. The summed E-state index contributed by atoms with van der Waals surface area (Å²) in [6.45, 7) is 17.5. The highest BCUT2D eigenvalue weighted by atomic mass is 16.6. The van der Waals surface area contributed by atoms with Crippen LogP contribution in [-0.2, 0) is 63.9 Å². The molecule has 1 aromatic rings. The monoisotopic (exact) mass is 919 g/mol. The summed E-state index contributed by atoms with van der Waals surface area (Å²) < 4.78 is 27.3. The average Bonchev–Trinajstić information content (AvgIpc) is 3.52. The SMILES string of the molecule is CC(C)[C@H](NC(=O)CCOCCOCCOCCOCCNC(=O)CCN1C(=O)CC(C(C)(C)C)C1=O)C(=O)C[C@@H](CCCNC(N)=O)C(=O)Nc1ccc(COC(=O)C(C)(C)C)cc1. The molecule has 1 aliphatic rings. The summed E-state index contributed by atoms with van der Waals surface area (Å²) in [5, 5.41) is 10.9. The molecule has 366 valence electrons. The first-order valence-electron chi connectivity index (χ1n) is 22.4. The fourth-order valence-corrected chi connectivity index (χ4v) is 6.50. The van der Waals surface area contributed by atoms with Crippen LogP contribution in [0.4, 0.5) is 10.5 Å². The van der Waals surface area contributed by atoms with Gasteiger partial charge in [0.1, 0.15) is 6.61 Å². The third-order valence-corrected chi connectivity index (χ3v) is 10.4. The molecule has 0 aromatic heterocycles. The number of rotatable bonds is 31. The van der Waals surface area contributed by atoms with Gasteiger partial charge in [0, 0.05) is 56.9 Å². The number of esters is 1. The van der Waals surface area contributed by atoms with Gasteiger partial charge < -0.3 is 50.7 Å². The van der Waals surface area contributed by atoms with Crippen LogP contribution in [0.25, 0.3) is 0 Å². The van der Waals surface area contributed by atoms with Crippen LogP contribution in [0, 0.1) is 28.6 Å². The van der Waals surface area contributed by atoms with E-state index in [1.54, 1.807) is 58.9 Å². The predicted octanol–water partition coefficient (Wildman–Crippen LogP) is 3.26. The molecule has 1 fully saturated rings. The van der Waals surface area contributed by atoms with Crippen LogP contribution < -0.4 is 27.0 Å². The number of likely N-dealkylation sites (tertiary alicyclic amines) is 1. The summed E-state index contributed by atoms with van der Waals surface area (Å²) in [5.74, 6) is -3.53. The number of carbonyl (C=O) groups excluding carboxylic acids is 8. The Morgan fingerprint density at radius 3 is 1.89 bits per heavy atom. The number of hydrogen-bond acceptors (Lipinski definition) is 13. The van der Waals surface area contributed by atoms with Gasteiger partial charge in [0.15, 0.2) is 5.78 Å². The maximum absolute atomic E-state index is 13.6. The first-order chi connectivity index (χ1) is 30.6. The molecule has 1 heterocycles. The normalized spacial score (nSPS) is 15.1. The Morgan fingerprint density at radius 1 is 0.769 bits per heavy atom. The number of Topliss-reactive ketones (excluding diaryl/α,β-unsaturated/α-hetero) is 1. The highest BCUT2D eigenvalue weighted by Crippen LogP contribution is 2.35. The van der Waals surface area contributed by atoms with Crippen LogP contribution in [0.15, 0.2) is 24.3 Å². The topological polar surface area (TPSA) is 260 Å². The lowest BCUT2D eigenvalue weighted by atomic mass is 9.80. The minimum absolute atomic E-state index is 0.00998. The number of amides is 7. The predicted molar refractivity (Wildman–Crippen MR) is 241 cm³/mol. The van der Waals surface area contributed by atoms with E-state index in [9.17, 15) is 38.4 Å². The Labute approximate surface area is 383 Å². The molecule has 1 aromatic carbocycles. The van der Waals surface area contributed by atoms with Crippen LogP contribution >= 0.6 is 0 Å². The molecular weight excluding hydrogens is 845 g/mol. The van der Waals surface area contributed by atoms with E-state index in [2.05, 4.69) is 21.3 Å². The van der Waals surface area contributed by atoms with Gasteiger partial charge in [0.2, 0.25) is 29.5 Å². The zero-order chi connectivity index (χ0) is 48.6. The molecule has 3 atom stereocenters. The molecule has 19 nitrogen and oxygen atoms in total. The van der Waals surface area contributed by atoms with Crippen molar-refractivity contribution in [1.29, 1.82) is 0 Å². The number of ether oxygens (including phenoxy) is 5. The molecule has 19 heteroatoms. The molecule has 65 heavy (non-hydrogen) atoms. The van der Waals surface area contributed by atoms with E-state index in [1.165, 1.54) is 4.90 Å². The van der Waals surface area contributed by atoms with Crippen LogP contribution in [0.3, 0.4) is 0 Å². The van der Waals surface area contributed by atoms with Crippen molar-refractivity contribution >= 4 is 53.0 Å². The van der Waals surface area contributed by atoms with Gasteiger partial charge in [-0.3, -0.25) is 38.5 Å². The zero-order valence-electron chi connectivity index (χ0n) is 39.7. The number of carbonyl (C=O) groups is 8. The van der Waals surface area contributed by atoms with Gasteiger partial charge in [0.05, 0.1) is 70.2 Å². The summed E-state index contributed by atoms with van der Waals surface area (Å²) in [6.07, 6.45) is 0.729. The van der Waals surface area contributed by atoms with Crippen LogP contribution in [0.1, 0.15) is 99.5 Å². The van der Waals surface area contributed by atoms with Gasteiger partial charge in [-0.25, -0.2) is 4.79 Å². The van der Waals surface area contributed by atoms with Crippen molar-refractivity contribution in [2.24, 2.45) is 34.3 Å². The third kappa shape index (κ3) is 22.7. The van der Waals surface area contributed by atoms with Crippen molar-refractivity contribution in [3.63, 3.8) is 0 Å². The van der Waals surface area contributed by atoms with Crippen molar-refractivity contribution in [2.75, 3.05) is 77.8 Å². The number of ketones is 1. The number of benzene rings is 1. The first kappa shape index (κ1) is 56.2. The second-order valence-electron chi connectivity index (χ2n) is 18.4. The fourth-order valence-electron chi connectivity index (χ4n) is 6.50. The molecule has 0 bridgehead atoms. The molecule has 0 saturated carbocycles. The Bertz CT molecular complexity index is 1710. The van der Waals surface area contributed by atoms with E-state index < -0.39 is 29.3 Å². The highest BCUT2D eigenvalue weighted by molar-refractivity contribution is 6.04. The first-order valence-corrected chi connectivity index (χ1v) is 22.4. The lowest BCUT2D eigenvalue weighted by molar-refractivity contribution is -0.154. The van der Waals surface area contributed by atoms with Crippen LogP contribution in [0.5, 0.6) is 0 Å². The van der Waals surface area contributed by atoms with Crippen molar-refractivity contribution in [2.45, 2.75) is 107 Å². The minimum Gasteiger partial charge on any atom is -0.460 e. The zero-order valence-corrected chi connectivity index (χ0v) is 39.7. The molecule has 1 aliphatic heterocycles. The summed E-state index contributed by atoms with van der Waals surface area (Å²) in [7, 11) is 0. The summed E-state index contributed by atoms with van der Waals surface area (Å²) >= 11 is 0. The number of imide groups is 1. The second kappa shape index (κ2) is 28.8. The molecule has 6 N–H and O–H groups in total. The van der Waals surface area contributed by atoms with Gasteiger partial charge in [-0.1, -0.05) is 46.8 Å². The standard InChI is InChI=1S/C46H74N6O13/c1-31(2)40(36(53)28-33(10-9-17-49-44(47)60)41(57)50-34-13-11-32(12-14-34)30-65-43(59)46(6,7)8)51-38(55)16-20-61-22-24-63-26-27-64-25-23-62-21-18-48-37(54)15-19-52-39(56)29-35(42(52)58)45(3,4)5/h11-14,31,33,35,40H,9-10,15-30H2,1-8H3,(H,48,54)(H,50,57)(H,51,55)(H3,47,49,60)/t33-,35?,40+/m1/s1. The molecule has 0 aliphatic carbocycles. The van der Waals surface area contributed by atoms with Gasteiger partial charge >= 0.3 is 12.0 Å². The fraction of sp³-hybridized carbons (Fsp3) is 0.696. The Hall–Kier alpha value is -4.98. The smallest absolute Gasteiger partial charge is 0.312 e. The summed E-state index contributed by atoms with van der Waals surface area (Å²) in [4.78, 5) is 101. The van der Waals surface area contributed by atoms with E-state index >= 15 is 0 Å². The van der Waals surface area contributed by atoms with E-state index in [1.807, 2.05) is 20.8 Å². The van der Waals surface area contributed by atoms with Crippen LogP contribution in [0.2, 0.25) is 0 Å². The number of urea groups is 1. The van der Waals surface area contributed by atoms with Gasteiger partial charge in [-0.15, -0.1) is 0 Å². The van der Waals surface area contributed by atoms with Gasteiger partial charge in [-0.2, -0.15) is 0 Å². The number of nitrogens with zero attached hydrogens (tertiary/aromatic N) is 1. The lowest BCUT2D eigenvalue weighted by Crippen LogP contribution is -2.45. The van der Waals surface area contributed by atoms with Crippen molar-refractivity contribution in [1.82, 2.24) is 20.9 Å². The Balaban J connectivity index is 1.62. The third-order valence-electron chi connectivity index (χ3n) is 10.4.